The van der Waals surface area contributed by atoms with Gasteiger partial charge in [0, 0.05) is 24.0 Å². The highest BCUT2D eigenvalue weighted by Crippen LogP contribution is 2.25. The Morgan fingerprint density at radius 1 is 1.19 bits per heavy atom. The maximum atomic E-state index is 12.4. The number of rotatable bonds is 3. The van der Waals surface area contributed by atoms with Crippen LogP contribution in [0, 0.1) is 19.3 Å². The van der Waals surface area contributed by atoms with Gasteiger partial charge in [-0.25, -0.2) is 0 Å². The summed E-state index contributed by atoms with van der Waals surface area (Å²) in [5.41, 5.74) is 4.47. The summed E-state index contributed by atoms with van der Waals surface area (Å²) in [5.74, 6) is 0.544. The monoisotopic (exact) mass is 360 g/mol. The average molecular weight is 360 g/mol. The Labute approximate surface area is 157 Å². The van der Waals surface area contributed by atoms with Gasteiger partial charge in [-0.15, -0.1) is 5.06 Å². The number of hydrogen-bond acceptors (Lipinski definition) is 3. The van der Waals surface area contributed by atoms with E-state index < -0.39 is 5.91 Å². The smallest absolute Gasteiger partial charge is 0.282 e. The van der Waals surface area contributed by atoms with Gasteiger partial charge in [0.05, 0.1) is 5.57 Å². The van der Waals surface area contributed by atoms with Crippen LogP contribution in [0.25, 0.3) is 6.08 Å². The number of aliphatic imine (C=N–C) groups is 1. The number of carbonyl (C=O) groups excluding carboxylic acids is 1. The van der Waals surface area contributed by atoms with E-state index in [9.17, 15) is 4.79 Å². The van der Waals surface area contributed by atoms with Crippen molar-refractivity contribution in [3.63, 3.8) is 0 Å². The molecule has 2 aromatic rings. The number of amidine groups is 2. The minimum Gasteiger partial charge on any atom is -0.376 e. The van der Waals surface area contributed by atoms with Crippen molar-refractivity contribution in [2.24, 2.45) is 4.99 Å². The molecule has 6 nitrogen and oxygen atoms in total. The number of carbonyl (C=O) groups is 1. The fourth-order valence-electron chi connectivity index (χ4n) is 3.34. The van der Waals surface area contributed by atoms with E-state index in [2.05, 4.69) is 21.7 Å². The number of fused-ring (bicyclic) bond motifs is 1. The first kappa shape index (κ1) is 17.0. The molecule has 0 radical (unpaired) electrons. The minimum absolute atomic E-state index is 0.00552. The fraction of sp³-hybridized carbons (Fsp3) is 0.190. The zero-order valence-corrected chi connectivity index (χ0v) is 15.5. The number of benzene rings is 1. The molecule has 1 amide bonds. The highest BCUT2D eigenvalue weighted by molar-refractivity contribution is 6.32. The third kappa shape index (κ3) is 2.99. The van der Waals surface area contributed by atoms with Crippen LogP contribution in [0.3, 0.4) is 0 Å². The second kappa shape index (κ2) is 6.39. The molecule has 27 heavy (non-hydrogen) atoms. The summed E-state index contributed by atoms with van der Waals surface area (Å²) in [6.07, 6.45) is 3.38. The number of allylic oxidation sites excluding steroid dienone is 1. The number of aryl methyl sites for hydroxylation is 1. The molecule has 0 spiro atoms. The molecule has 2 aliphatic rings. The van der Waals surface area contributed by atoms with E-state index in [1.165, 1.54) is 10.6 Å². The lowest BCUT2D eigenvalue weighted by Gasteiger charge is -2.22. The number of hydroxylamine groups is 2. The standard InChI is InChI=1S/C21H20N4O2/c1-13-9-17(15(3)24(13)12-16-7-5-4-6-8-16)11-18-20(22)25-19(23-21(18)26)10-14(2)27-25/h4-11,22H,12H2,1-3H3/b18-11-,22-20?. The van der Waals surface area contributed by atoms with Gasteiger partial charge in [0.15, 0.2) is 11.7 Å². The average Bonchev–Trinajstić information content (AvgIpc) is 3.13. The van der Waals surface area contributed by atoms with E-state index in [0.717, 1.165) is 23.5 Å². The van der Waals surface area contributed by atoms with E-state index in [0.29, 0.717) is 11.6 Å². The van der Waals surface area contributed by atoms with Gasteiger partial charge in [-0.1, -0.05) is 30.3 Å². The molecule has 2 aliphatic heterocycles. The van der Waals surface area contributed by atoms with Crippen molar-refractivity contribution in [3.05, 3.63) is 76.3 Å². The number of hydrogen-bond donors (Lipinski definition) is 1. The number of amides is 1. The third-order valence-electron chi connectivity index (χ3n) is 4.78. The molecule has 4 rings (SSSR count). The van der Waals surface area contributed by atoms with Crippen LogP contribution in [-0.4, -0.2) is 27.2 Å². The topological polar surface area (TPSA) is 70.7 Å². The van der Waals surface area contributed by atoms with Gasteiger partial charge in [0.1, 0.15) is 5.76 Å². The predicted molar refractivity (Wildman–Crippen MR) is 104 cm³/mol. The van der Waals surface area contributed by atoms with Crippen molar-refractivity contribution in [2.45, 2.75) is 27.3 Å². The Bertz CT molecular complexity index is 1040. The van der Waals surface area contributed by atoms with Gasteiger partial charge in [-0.2, -0.15) is 4.99 Å². The lowest BCUT2D eigenvalue weighted by atomic mass is 10.1. The summed E-state index contributed by atoms with van der Waals surface area (Å²) in [6.45, 7) is 6.58. The van der Waals surface area contributed by atoms with E-state index in [-0.39, 0.29) is 11.4 Å². The molecule has 3 heterocycles. The van der Waals surface area contributed by atoms with Crippen molar-refractivity contribution in [2.75, 3.05) is 0 Å². The molecular weight excluding hydrogens is 340 g/mol. The van der Waals surface area contributed by atoms with Gasteiger partial charge < -0.3 is 9.40 Å². The molecule has 1 aromatic carbocycles. The van der Waals surface area contributed by atoms with Gasteiger partial charge in [-0.05, 0) is 44.0 Å². The highest BCUT2D eigenvalue weighted by Gasteiger charge is 2.34. The molecule has 136 valence electrons. The Morgan fingerprint density at radius 2 is 1.93 bits per heavy atom. The molecule has 0 saturated carbocycles. The van der Waals surface area contributed by atoms with Gasteiger partial charge in [0.25, 0.3) is 5.91 Å². The third-order valence-corrected chi connectivity index (χ3v) is 4.78. The zero-order valence-electron chi connectivity index (χ0n) is 15.5. The molecule has 0 unspecified atom stereocenters. The SMILES string of the molecule is CC1=CC2=NC(=O)/C(=C\c3cc(C)n(Cc4ccccc4)c3C)C(=N)N2O1. The molecule has 0 aliphatic carbocycles. The van der Waals surface area contributed by atoms with E-state index >= 15 is 0 Å². The quantitative estimate of drug-likeness (QED) is 0.850. The summed E-state index contributed by atoms with van der Waals surface area (Å²) in [7, 11) is 0. The van der Waals surface area contributed by atoms with E-state index in [1.54, 1.807) is 19.1 Å². The molecule has 0 bridgehead atoms. The van der Waals surface area contributed by atoms with Crippen molar-refractivity contribution < 1.29 is 9.63 Å². The Kier molecular flexibility index (Phi) is 4.03. The highest BCUT2D eigenvalue weighted by atomic mass is 16.7. The van der Waals surface area contributed by atoms with Crippen LogP contribution in [0.15, 0.2) is 58.8 Å². The Hall–Kier alpha value is -3.41. The van der Waals surface area contributed by atoms with Gasteiger partial charge in [-0.3, -0.25) is 10.2 Å². The summed E-state index contributed by atoms with van der Waals surface area (Å²) in [4.78, 5) is 21.9. The number of nitrogens with one attached hydrogen (secondary N) is 1. The van der Waals surface area contributed by atoms with Crippen LogP contribution in [-0.2, 0) is 16.2 Å². The first-order chi connectivity index (χ1) is 12.9. The van der Waals surface area contributed by atoms with E-state index in [4.69, 9.17) is 10.2 Å². The second-order valence-electron chi connectivity index (χ2n) is 6.72. The summed E-state index contributed by atoms with van der Waals surface area (Å²) in [5, 5.41) is 9.63. The molecule has 6 heteroatoms. The Balaban J connectivity index is 1.68. The van der Waals surface area contributed by atoms with Crippen molar-refractivity contribution >= 4 is 23.7 Å². The Morgan fingerprint density at radius 3 is 2.67 bits per heavy atom. The molecule has 1 N–H and O–H groups in total. The second-order valence-corrected chi connectivity index (χ2v) is 6.72. The fourth-order valence-corrected chi connectivity index (χ4v) is 3.34. The maximum Gasteiger partial charge on any atom is 0.282 e. The van der Waals surface area contributed by atoms with E-state index in [1.807, 2.05) is 38.1 Å². The van der Waals surface area contributed by atoms with Crippen LogP contribution in [0.1, 0.15) is 29.4 Å². The molecule has 0 atom stereocenters. The minimum atomic E-state index is -0.423. The van der Waals surface area contributed by atoms with Crippen molar-refractivity contribution in [3.8, 4) is 0 Å². The lowest BCUT2D eigenvalue weighted by Crippen LogP contribution is -2.38. The summed E-state index contributed by atoms with van der Waals surface area (Å²) < 4.78 is 2.20. The van der Waals surface area contributed by atoms with Crippen LogP contribution in [0.5, 0.6) is 0 Å². The van der Waals surface area contributed by atoms with Crippen LogP contribution in [0.4, 0.5) is 0 Å². The van der Waals surface area contributed by atoms with Gasteiger partial charge in [0.2, 0.25) is 0 Å². The maximum absolute atomic E-state index is 12.4. The number of nitrogens with zero attached hydrogens (tertiary/aromatic N) is 3. The summed E-state index contributed by atoms with van der Waals surface area (Å²) in [6, 6.07) is 12.3. The van der Waals surface area contributed by atoms with Crippen molar-refractivity contribution in [1.29, 1.82) is 5.41 Å². The first-order valence-electron chi connectivity index (χ1n) is 8.74. The first-order valence-corrected chi connectivity index (χ1v) is 8.74. The predicted octanol–water partition coefficient (Wildman–Crippen LogP) is 3.60. The van der Waals surface area contributed by atoms with Crippen molar-refractivity contribution in [1.82, 2.24) is 9.63 Å². The number of aromatic nitrogens is 1. The molecule has 1 aromatic heterocycles. The lowest BCUT2D eigenvalue weighted by molar-refractivity contribution is -0.114. The molecule has 0 saturated heterocycles. The van der Waals surface area contributed by atoms with Crippen LogP contribution >= 0.6 is 0 Å². The summed E-state index contributed by atoms with van der Waals surface area (Å²) >= 11 is 0. The van der Waals surface area contributed by atoms with Crippen LogP contribution < -0.4 is 0 Å². The zero-order chi connectivity index (χ0) is 19.1. The largest absolute Gasteiger partial charge is 0.376 e. The molecule has 0 fully saturated rings. The van der Waals surface area contributed by atoms with Gasteiger partial charge >= 0.3 is 0 Å². The normalized spacial score (nSPS) is 17.7. The van der Waals surface area contributed by atoms with Crippen LogP contribution in [0.2, 0.25) is 0 Å². The molecular formula is C21H20N4O2.